The van der Waals surface area contributed by atoms with Crippen molar-refractivity contribution in [2.75, 3.05) is 7.05 Å². The van der Waals surface area contributed by atoms with Crippen molar-refractivity contribution in [2.45, 2.75) is 48.1 Å². The van der Waals surface area contributed by atoms with Crippen LogP contribution in [-0.4, -0.2) is 24.5 Å². The lowest BCUT2D eigenvalue weighted by molar-refractivity contribution is -0.137. The number of amides is 1. The van der Waals surface area contributed by atoms with E-state index in [1.165, 1.54) is 30.9 Å². The zero-order valence-corrected chi connectivity index (χ0v) is 13.0. The van der Waals surface area contributed by atoms with E-state index in [1.54, 1.807) is 6.07 Å². The standard InChI is InChI=1S/C15H18F3NO2S/c1-19-14(20)21-11-5-7-12(8-6-11)22-13-4-2-3-10(9-13)15(16,17)18/h2-4,9,11-12H,5-8H2,1H3,(H,19,20). The van der Waals surface area contributed by atoms with Crippen LogP contribution in [0.15, 0.2) is 29.2 Å². The van der Waals surface area contributed by atoms with Crippen molar-refractivity contribution in [2.24, 2.45) is 0 Å². The fourth-order valence-electron chi connectivity index (χ4n) is 2.42. The van der Waals surface area contributed by atoms with Crippen molar-refractivity contribution in [3.8, 4) is 0 Å². The predicted octanol–water partition coefficient (Wildman–Crippen LogP) is 4.46. The quantitative estimate of drug-likeness (QED) is 0.887. The Kier molecular flexibility index (Phi) is 5.61. The van der Waals surface area contributed by atoms with Gasteiger partial charge in [0.1, 0.15) is 6.10 Å². The van der Waals surface area contributed by atoms with Gasteiger partial charge in [0.25, 0.3) is 0 Å². The Hall–Kier alpha value is -1.37. The zero-order chi connectivity index (χ0) is 16.2. The highest BCUT2D eigenvalue weighted by atomic mass is 32.2. The number of carbonyl (C=O) groups excluding carboxylic acids is 1. The van der Waals surface area contributed by atoms with Gasteiger partial charge in [-0.2, -0.15) is 13.2 Å². The third-order valence-corrected chi connectivity index (χ3v) is 4.89. The second kappa shape index (κ2) is 7.26. The molecule has 1 saturated carbocycles. The van der Waals surface area contributed by atoms with E-state index in [0.717, 1.165) is 31.7 Å². The lowest BCUT2D eigenvalue weighted by atomic mass is 9.97. The van der Waals surface area contributed by atoms with Gasteiger partial charge in [0, 0.05) is 17.2 Å². The average molecular weight is 333 g/mol. The van der Waals surface area contributed by atoms with Crippen molar-refractivity contribution in [3.05, 3.63) is 29.8 Å². The molecule has 1 N–H and O–H groups in total. The summed E-state index contributed by atoms with van der Waals surface area (Å²) >= 11 is 1.47. The Morgan fingerprint density at radius 2 is 1.95 bits per heavy atom. The molecule has 0 saturated heterocycles. The van der Waals surface area contributed by atoms with Crippen LogP contribution in [0.1, 0.15) is 31.2 Å². The molecule has 1 aliphatic carbocycles. The molecule has 122 valence electrons. The molecule has 1 aliphatic rings. The van der Waals surface area contributed by atoms with Crippen LogP contribution >= 0.6 is 11.8 Å². The van der Waals surface area contributed by atoms with E-state index in [9.17, 15) is 18.0 Å². The molecule has 0 aromatic heterocycles. The largest absolute Gasteiger partial charge is 0.446 e. The number of hydrogen-bond acceptors (Lipinski definition) is 3. The second-order valence-corrected chi connectivity index (χ2v) is 6.57. The highest BCUT2D eigenvalue weighted by molar-refractivity contribution is 8.00. The molecule has 0 heterocycles. The number of halogens is 3. The van der Waals surface area contributed by atoms with E-state index in [1.807, 2.05) is 0 Å². The van der Waals surface area contributed by atoms with Gasteiger partial charge in [-0.1, -0.05) is 6.07 Å². The number of carbonyl (C=O) groups is 1. The van der Waals surface area contributed by atoms with Crippen molar-refractivity contribution >= 4 is 17.9 Å². The number of benzene rings is 1. The lowest BCUT2D eigenvalue weighted by Gasteiger charge is -2.27. The van der Waals surface area contributed by atoms with Gasteiger partial charge in [0.2, 0.25) is 0 Å². The van der Waals surface area contributed by atoms with Crippen LogP contribution in [0.5, 0.6) is 0 Å². The summed E-state index contributed by atoms with van der Waals surface area (Å²) in [7, 11) is 1.51. The average Bonchev–Trinajstić information content (AvgIpc) is 2.48. The molecule has 0 aliphatic heterocycles. The summed E-state index contributed by atoms with van der Waals surface area (Å²) in [6.07, 6.45) is -1.72. The molecule has 1 amide bonds. The molecule has 0 spiro atoms. The molecule has 0 atom stereocenters. The molecule has 22 heavy (non-hydrogen) atoms. The van der Waals surface area contributed by atoms with E-state index in [0.29, 0.717) is 4.90 Å². The van der Waals surface area contributed by atoms with Gasteiger partial charge in [-0.15, -0.1) is 11.8 Å². The number of rotatable bonds is 3. The Labute approximate surface area is 131 Å². The zero-order valence-electron chi connectivity index (χ0n) is 12.2. The summed E-state index contributed by atoms with van der Waals surface area (Å²) in [6.45, 7) is 0. The molecular weight excluding hydrogens is 315 g/mol. The molecule has 0 bridgehead atoms. The van der Waals surface area contributed by atoms with Gasteiger partial charge < -0.3 is 10.1 Å². The fourth-order valence-corrected chi connectivity index (χ4v) is 3.66. The van der Waals surface area contributed by atoms with Crippen LogP contribution in [0, 0.1) is 0 Å². The molecule has 2 rings (SSSR count). The molecule has 0 radical (unpaired) electrons. The SMILES string of the molecule is CNC(=O)OC1CCC(Sc2cccc(C(F)(F)F)c2)CC1. The summed E-state index contributed by atoms with van der Waals surface area (Å²) in [5, 5.41) is 2.67. The lowest BCUT2D eigenvalue weighted by Crippen LogP contribution is -2.29. The third kappa shape index (κ3) is 4.83. The minimum absolute atomic E-state index is 0.0988. The number of alkyl halides is 3. The molecular formula is C15H18F3NO2S. The van der Waals surface area contributed by atoms with Crippen LogP contribution in [-0.2, 0) is 10.9 Å². The van der Waals surface area contributed by atoms with Gasteiger partial charge in [-0.3, -0.25) is 0 Å². The summed E-state index contributed by atoms with van der Waals surface area (Å²) in [5.41, 5.74) is -0.617. The first kappa shape index (κ1) is 17.0. The Morgan fingerprint density at radius 3 is 2.55 bits per heavy atom. The van der Waals surface area contributed by atoms with Crippen LogP contribution in [0.25, 0.3) is 0 Å². The number of ether oxygens (including phenoxy) is 1. The van der Waals surface area contributed by atoms with E-state index in [2.05, 4.69) is 5.32 Å². The van der Waals surface area contributed by atoms with E-state index in [4.69, 9.17) is 4.74 Å². The normalized spacial score (nSPS) is 22.2. The highest BCUT2D eigenvalue weighted by Crippen LogP contribution is 2.37. The first-order chi connectivity index (χ1) is 10.4. The fraction of sp³-hybridized carbons (Fsp3) is 0.533. The van der Waals surface area contributed by atoms with Crippen LogP contribution in [0.2, 0.25) is 0 Å². The van der Waals surface area contributed by atoms with Crippen LogP contribution in [0.4, 0.5) is 18.0 Å². The molecule has 0 unspecified atom stereocenters. The number of thioether (sulfide) groups is 1. The van der Waals surface area contributed by atoms with Gasteiger partial charge in [-0.05, 0) is 43.9 Å². The summed E-state index contributed by atoms with van der Waals surface area (Å²) in [5.74, 6) is 0. The summed E-state index contributed by atoms with van der Waals surface area (Å²) in [6, 6.07) is 5.41. The minimum Gasteiger partial charge on any atom is -0.446 e. The van der Waals surface area contributed by atoms with E-state index < -0.39 is 17.8 Å². The van der Waals surface area contributed by atoms with E-state index >= 15 is 0 Å². The smallest absolute Gasteiger partial charge is 0.416 e. The summed E-state index contributed by atoms with van der Waals surface area (Å²) < 4.78 is 43.3. The first-order valence-corrected chi connectivity index (χ1v) is 7.98. The Balaban J connectivity index is 1.87. The Bertz CT molecular complexity index is 514. The first-order valence-electron chi connectivity index (χ1n) is 7.11. The maximum atomic E-state index is 12.7. The van der Waals surface area contributed by atoms with Gasteiger partial charge in [0.15, 0.2) is 0 Å². The Morgan fingerprint density at radius 1 is 1.27 bits per heavy atom. The summed E-state index contributed by atoms with van der Waals surface area (Å²) in [4.78, 5) is 11.8. The van der Waals surface area contributed by atoms with E-state index in [-0.39, 0.29) is 11.4 Å². The van der Waals surface area contributed by atoms with Crippen molar-refractivity contribution in [1.29, 1.82) is 0 Å². The topological polar surface area (TPSA) is 38.3 Å². The number of hydrogen-bond donors (Lipinski definition) is 1. The van der Waals surface area contributed by atoms with Crippen LogP contribution < -0.4 is 5.32 Å². The van der Waals surface area contributed by atoms with Gasteiger partial charge >= 0.3 is 12.3 Å². The molecule has 1 aromatic rings. The number of nitrogens with one attached hydrogen (secondary N) is 1. The predicted molar refractivity (Wildman–Crippen MR) is 78.9 cm³/mol. The maximum absolute atomic E-state index is 12.7. The highest BCUT2D eigenvalue weighted by Gasteiger charge is 2.31. The van der Waals surface area contributed by atoms with Crippen LogP contribution in [0.3, 0.4) is 0 Å². The van der Waals surface area contributed by atoms with Crippen molar-refractivity contribution < 1.29 is 22.7 Å². The molecule has 1 fully saturated rings. The van der Waals surface area contributed by atoms with Gasteiger partial charge in [-0.25, -0.2) is 4.79 Å². The number of alkyl carbamates (subject to hydrolysis) is 1. The maximum Gasteiger partial charge on any atom is 0.416 e. The monoisotopic (exact) mass is 333 g/mol. The molecule has 3 nitrogen and oxygen atoms in total. The second-order valence-electron chi connectivity index (χ2n) is 5.20. The van der Waals surface area contributed by atoms with Crippen molar-refractivity contribution in [1.82, 2.24) is 5.32 Å². The third-order valence-electron chi connectivity index (χ3n) is 3.56. The van der Waals surface area contributed by atoms with Gasteiger partial charge in [0.05, 0.1) is 5.56 Å². The minimum atomic E-state index is -4.31. The molecule has 7 heteroatoms. The van der Waals surface area contributed by atoms with Crippen molar-refractivity contribution in [3.63, 3.8) is 0 Å². The molecule has 1 aromatic carbocycles.